The van der Waals surface area contributed by atoms with E-state index in [1.165, 1.54) is 6.20 Å². The Kier molecular flexibility index (Phi) is 4.66. The SMILES string of the molecule is CCCNC(c1cncc(F)c1)C1CCOC1C. The van der Waals surface area contributed by atoms with Crippen molar-refractivity contribution in [3.8, 4) is 0 Å². The van der Waals surface area contributed by atoms with Gasteiger partial charge >= 0.3 is 0 Å². The van der Waals surface area contributed by atoms with Crippen LogP contribution in [0, 0.1) is 11.7 Å². The molecule has 3 nitrogen and oxygen atoms in total. The highest BCUT2D eigenvalue weighted by Crippen LogP contribution is 2.33. The van der Waals surface area contributed by atoms with Crippen LogP contribution in [0.15, 0.2) is 18.5 Å². The molecule has 0 aliphatic carbocycles. The van der Waals surface area contributed by atoms with Crippen LogP contribution in [0.3, 0.4) is 0 Å². The standard InChI is InChI=1S/C14H21FN2O/c1-3-5-17-14(13-4-6-18-10(13)2)11-7-12(15)9-16-8-11/h7-10,13-14,17H,3-6H2,1-2H3. The average molecular weight is 252 g/mol. The van der Waals surface area contributed by atoms with Crippen molar-refractivity contribution < 1.29 is 9.13 Å². The minimum Gasteiger partial charge on any atom is -0.378 e. The summed E-state index contributed by atoms with van der Waals surface area (Å²) in [6.07, 6.45) is 5.28. The van der Waals surface area contributed by atoms with Gasteiger partial charge in [-0.15, -0.1) is 0 Å². The van der Waals surface area contributed by atoms with Crippen molar-refractivity contribution in [3.05, 3.63) is 29.8 Å². The highest BCUT2D eigenvalue weighted by Gasteiger charge is 2.32. The number of aromatic nitrogens is 1. The highest BCUT2D eigenvalue weighted by molar-refractivity contribution is 5.17. The van der Waals surface area contributed by atoms with E-state index in [1.54, 1.807) is 12.3 Å². The van der Waals surface area contributed by atoms with Gasteiger partial charge in [0, 0.05) is 24.8 Å². The lowest BCUT2D eigenvalue weighted by Crippen LogP contribution is -2.32. The van der Waals surface area contributed by atoms with Crippen LogP contribution in [0.5, 0.6) is 0 Å². The number of rotatable bonds is 5. The molecular formula is C14H21FN2O. The molecular weight excluding hydrogens is 231 g/mol. The summed E-state index contributed by atoms with van der Waals surface area (Å²) in [5, 5.41) is 3.50. The monoisotopic (exact) mass is 252 g/mol. The fourth-order valence-electron chi connectivity index (χ4n) is 2.60. The zero-order valence-electron chi connectivity index (χ0n) is 11.0. The van der Waals surface area contributed by atoms with E-state index in [0.717, 1.165) is 31.6 Å². The van der Waals surface area contributed by atoms with Crippen molar-refractivity contribution >= 4 is 0 Å². The maximum absolute atomic E-state index is 13.3. The molecule has 18 heavy (non-hydrogen) atoms. The molecule has 0 aromatic carbocycles. The molecule has 100 valence electrons. The van der Waals surface area contributed by atoms with Crippen LogP contribution in [0.25, 0.3) is 0 Å². The summed E-state index contributed by atoms with van der Waals surface area (Å²) in [4.78, 5) is 3.95. The Hall–Kier alpha value is -1.00. The minimum absolute atomic E-state index is 0.130. The van der Waals surface area contributed by atoms with Crippen LogP contribution in [0.1, 0.15) is 38.3 Å². The first kappa shape index (κ1) is 13.4. The van der Waals surface area contributed by atoms with Gasteiger partial charge in [-0.1, -0.05) is 6.92 Å². The van der Waals surface area contributed by atoms with Gasteiger partial charge in [0.15, 0.2) is 0 Å². The maximum Gasteiger partial charge on any atom is 0.141 e. The summed E-state index contributed by atoms with van der Waals surface area (Å²) < 4.78 is 18.9. The molecule has 1 aromatic heterocycles. The first-order chi connectivity index (χ1) is 8.72. The topological polar surface area (TPSA) is 34.2 Å². The molecule has 0 saturated carbocycles. The van der Waals surface area contributed by atoms with Crippen LogP contribution in [-0.4, -0.2) is 24.2 Å². The van der Waals surface area contributed by atoms with E-state index in [9.17, 15) is 4.39 Å². The van der Waals surface area contributed by atoms with Crippen molar-refractivity contribution in [2.75, 3.05) is 13.2 Å². The third kappa shape index (κ3) is 3.06. The third-order valence-electron chi connectivity index (χ3n) is 3.56. The maximum atomic E-state index is 13.3. The lowest BCUT2D eigenvalue weighted by molar-refractivity contribution is 0.0953. The zero-order chi connectivity index (χ0) is 13.0. The second-order valence-electron chi connectivity index (χ2n) is 4.90. The average Bonchev–Trinajstić information content (AvgIpc) is 2.77. The molecule has 2 heterocycles. The predicted molar refractivity (Wildman–Crippen MR) is 68.8 cm³/mol. The van der Waals surface area contributed by atoms with Gasteiger partial charge in [0.25, 0.3) is 0 Å². The second kappa shape index (κ2) is 6.25. The number of pyridine rings is 1. The summed E-state index contributed by atoms with van der Waals surface area (Å²) in [5.74, 6) is 0.113. The molecule has 1 aromatic rings. The molecule has 1 fully saturated rings. The fraction of sp³-hybridized carbons (Fsp3) is 0.643. The summed E-state index contributed by atoms with van der Waals surface area (Å²) in [6.45, 7) is 5.93. The van der Waals surface area contributed by atoms with Gasteiger partial charge in [0.2, 0.25) is 0 Å². The van der Waals surface area contributed by atoms with E-state index >= 15 is 0 Å². The number of nitrogens with zero attached hydrogens (tertiary/aromatic N) is 1. The summed E-state index contributed by atoms with van der Waals surface area (Å²) in [5.41, 5.74) is 0.922. The van der Waals surface area contributed by atoms with Crippen LogP contribution >= 0.6 is 0 Å². The molecule has 3 unspecified atom stereocenters. The van der Waals surface area contributed by atoms with Crippen molar-refractivity contribution in [1.29, 1.82) is 0 Å². The molecule has 3 atom stereocenters. The van der Waals surface area contributed by atoms with Crippen molar-refractivity contribution in [2.24, 2.45) is 5.92 Å². The van der Waals surface area contributed by atoms with Gasteiger partial charge in [-0.25, -0.2) is 4.39 Å². The Morgan fingerprint density at radius 3 is 3.00 bits per heavy atom. The van der Waals surface area contributed by atoms with Crippen LogP contribution in [0.2, 0.25) is 0 Å². The van der Waals surface area contributed by atoms with E-state index in [0.29, 0.717) is 5.92 Å². The van der Waals surface area contributed by atoms with E-state index < -0.39 is 0 Å². The van der Waals surface area contributed by atoms with Gasteiger partial charge in [-0.05, 0) is 37.9 Å². The molecule has 1 N–H and O–H groups in total. The van der Waals surface area contributed by atoms with E-state index in [1.807, 2.05) is 0 Å². The van der Waals surface area contributed by atoms with E-state index in [2.05, 4.69) is 24.1 Å². The Balaban J connectivity index is 2.18. The highest BCUT2D eigenvalue weighted by atomic mass is 19.1. The van der Waals surface area contributed by atoms with Gasteiger partial charge < -0.3 is 10.1 Å². The summed E-state index contributed by atoms with van der Waals surface area (Å²) in [7, 11) is 0. The molecule has 1 aliphatic heterocycles. The molecule has 0 spiro atoms. The number of hydrogen-bond donors (Lipinski definition) is 1. The van der Waals surface area contributed by atoms with E-state index in [-0.39, 0.29) is 18.0 Å². The van der Waals surface area contributed by atoms with Crippen LogP contribution in [-0.2, 0) is 4.74 Å². The number of halogens is 1. The van der Waals surface area contributed by atoms with E-state index in [4.69, 9.17) is 4.74 Å². The zero-order valence-corrected chi connectivity index (χ0v) is 11.0. The summed E-state index contributed by atoms with van der Waals surface area (Å²) >= 11 is 0. The molecule has 4 heteroatoms. The Morgan fingerprint density at radius 2 is 2.39 bits per heavy atom. The lowest BCUT2D eigenvalue weighted by atomic mass is 9.89. The summed E-state index contributed by atoms with van der Waals surface area (Å²) in [6, 6.07) is 1.70. The molecule has 0 amide bonds. The van der Waals surface area contributed by atoms with Crippen LogP contribution < -0.4 is 5.32 Å². The smallest absolute Gasteiger partial charge is 0.141 e. The Morgan fingerprint density at radius 1 is 1.56 bits per heavy atom. The fourth-order valence-corrected chi connectivity index (χ4v) is 2.60. The molecule has 2 rings (SSSR count). The van der Waals surface area contributed by atoms with Gasteiger partial charge in [-0.3, -0.25) is 4.98 Å². The normalized spacial score (nSPS) is 25.3. The number of ether oxygens (including phenoxy) is 1. The van der Waals surface area contributed by atoms with Gasteiger partial charge in [0.1, 0.15) is 5.82 Å². The lowest BCUT2D eigenvalue weighted by Gasteiger charge is -2.27. The molecule has 1 saturated heterocycles. The molecule has 0 bridgehead atoms. The quantitative estimate of drug-likeness (QED) is 0.875. The Bertz CT molecular complexity index is 386. The second-order valence-corrected chi connectivity index (χ2v) is 4.90. The number of hydrogen-bond acceptors (Lipinski definition) is 3. The first-order valence-electron chi connectivity index (χ1n) is 6.67. The first-order valence-corrected chi connectivity index (χ1v) is 6.67. The van der Waals surface area contributed by atoms with Crippen LogP contribution in [0.4, 0.5) is 4.39 Å². The van der Waals surface area contributed by atoms with Crippen molar-refractivity contribution in [3.63, 3.8) is 0 Å². The van der Waals surface area contributed by atoms with Gasteiger partial charge in [-0.2, -0.15) is 0 Å². The van der Waals surface area contributed by atoms with Crippen molar-refractivity contribution in [1.82, 2.24) is 10.3 Å². The molecule has 0 radical (unpaired) electrons. The third-order valence-corrected chi connectivity index (χ3v) is 3.56. The molecule has 1 aliphatic rings. The predicted octanol–water partition coefficient (Wildman–Crippen LogP) is 2.69. The Labute approximate surface area is 108 Å². The number of nitrogens with one attached hydrogen (secondary N) is 1. The van der Waals surface area contributed by atoms with Gasteiger partial charge in [0.05, 0.1) is 12.3 Å². The minimum atomic E-state index is -0.276. The van der Waals surface area contributed by atoms with Crippen molar-refractivity contribution in [2.45, 2.75) is 38.8 Å². The largest absolute Gasteiger partial charge is 0.378 e.